The number of carbonyl (C=O) groups is 1. The zero-order valence-corrected chi connectivity index (χ0v) is 18.0. The number of hydrogen-bond donors (Lipinski definition) is 2. The summed E-state index contributed by atoms with van der Waals surface area (Å²) >= 11 is 1.67. The Morgan fingerprint density at radius 1 is 1.14 bits per heavy atom. The molecule has 152 valence electrons. The number of hydrogen-bond acceptors (Lipinski definition) is 3. The predicted molar refractivity (Wildman–Crippen MR) is 118 cm³/mol. The third-order valence-corrected chi connectivity index (χ3v) is 7.25. The highest BCUT2D eigenvalue weighted by molar-refractivity contribution is 7.16. The van der Waals surface area contributed by atoms with Crippen LogP contribution in [0.25, 0.3) is 0 Å². The van der Waals surface area contributed by atoms with Gasteiger partial charge in [0, 0.05) is 10.4 Å². The normalized spacial score (nSPS) is 19.2. The van der Waals surface area contributed by atoms with Crippen LogP contribution >= 0.6 is 11.3 Å². The molecule has 1 aliphatic heterocycles. The molecular formula is C24H29N2O2S+. The van der Waals surface area contributed by atoms with E-state index in [-0.39, 0.29) is 5.91 Å². The predicted octanol–water partition coefficient (Wildman–Crippen LogP) is 4.25. The number of carbonyl (C=O) groups excluding carboxylic acids is 1. The molecule has 0 radical (unpaired) electrons. The van der Waals surface area contributed by atoms with Gasteiger partial charge in [-0.15, -0.1) is 11.3 Å². The summed E-state index contributed by atoms with van der Waals surface area (Å²) in [6, 6.07) is 14.3. The van der Waals surface area contributed by atoms with E-state index in [1.54, 1.807) is 28.4 Å². The molecule has 0 spiro atoms. The molecule has 0 unspecified atom stereocenters. The summed E-state index contributed by atoms with van der Waals surface area (Å²) in [5.41, 5.74) is 4.04. The van der Waals surface area contributed by atoms with Crippen molar-refractivity contribution in [1.29, 1.82) is 0 Å². The van der Waals surface area contributed by atoms with Gasteiger partial charge in [0.25, 0.3) is 5.91 Å². The van der Waals surface area contributed by atoms with Crippen molar-refractivity contribution < 1.29 is 14.1 Å². The number of piperidine rings is 1. The van der Waals surface area contributed by atoms with Crippen molar-refractivity contribution in [2.75, 3.05) is 18.4 Å². The molecule has 4 rings (SSSR count). The van der Waals surface area contributed by atoms with Crippen molar-refractivity contribution >= 4 is 22.2 Å². The Bertz CT molecular complexity index is 939. The average Bonchev–Trinajstić information content (AvgIpc) is 3.35. The van der Waals surface area contributed by atoms with Crippen molar-refractivity contribution in [3.8, 4) is 0 Å². The molecule has 3 aromatic rings. The van der Waals surface area contributed by atoms with Crippen LogP contribution in [0.5, 0.6) is 0 Å². The maximum atomic E-state index is 12.5. The number of aryl methyl sites for hydroxylation is 1. The third-order valence-electron chi connectivity index (χ3n) is 6.09. The molecule has 1 saturated heterocycles. The van der Waals surface area contributed by atoms with Crippen LogP contribution in [-0.4, -0.2) is 19.0 Å². The lowest BCUT2D eigenvalue weighted by atomic mass is 9.90. The second kappa shape index (κ2) is 8.97. The van der Waals surface area contributed by atoms with Gasteiger partial charge in [-0.05, 0) is 62.3 Å². The average molecular weight is 410 g/mol. The molecule has 3 heterocycles. The van der Waals surface area contributed by atoms with Gasteiger partial charge >= 0.3 is 0 Å². The lowest BCUT2D eigenvalue weighted by molar-refractivity contribution is -0.919. The smallest absolute Gasteiger partial charge is 0.291 e. The van der Waals surface area contributed by atoms with E-state index in [1.165, 1.54) is 60.2 Å². The number of benzene rings is 1. The van der Waals surface area contributed by atoms with Crippen LogP contribution in [0.4, 0.5) is 5.00 Å². The van der Waals surface area contributed by atoms with Crippen molar-refractivity contribution in [2.24, 2.45) is 5.92 Å². The van der Waals surface area contributed by atoms with Gasteiger partial charge in [-0.3, -0.25) is 4.79 Å². The fourth-order valence-electron chi connectivity index (χ4n) is 4.22. The number of thiophene rings is 1. The Labute approximate surface area is 176 Å². The summed E-state index contributed by atoms with van der Waals surface area (Å²) in [4.78, 5) is 15.3. The minimum absolute atomic E-state index is 0.172. The van der Waals surface area contributed by atoms with E-state index < -0.39 is 0 Å². The Morgan fingerprint density at radius 3 is 2.59 bits per heavy atom. The number of nitrogens with one attached hydrogen (secondary N) is 2. The van der Waals surface area contributed by atoms with Crippen LogP contribution in [0.3, 0.4) is 0 Å². The first-order chi connectivity index (χ1) is 14.1. The Hall–Kier alpha value is -2.37. The largest absolute Gasteiger partial charge is 0.459 e. The van der Waals surface area contributed by atoms with Crippen molar-refractivity contribution in [3.05, 3.63) is 76.1 Å². The first kappa shape index (κ1) is 19.9. The van der Waals surface area contributed by atoms with E-state index in [9.17, 15) is 4.79 Å². The Morgan fingerprint density at radius 2 is 1.90 bits per heavy atom. The maximum Gasteiger partial charge on any atom is 0.291 e. The second-order valence-corrected chi connectivity index (χ2v) is 9.31. The number of amides is 1. The highest BCUT2D eigenvalue weighted by Gasteiger charge is 2.25. The van der Waals surface area contributed by atoms with Gasteiger partial charge < -0.3 is 14.6 Å². The fourth-order valence-corrected chi connectivity index (χ4v) is 5.30. The number of anilines is 1. The van der Waals surface area contributed by atoms with E-state index in [0.717, 1.165) is 17.5 Å². The summed E-state index contributed by atoms with van der Waals surface area (Å²) in [5.74, 6) is 0.965. The molecule has 1 fully saturated rings. The topological polar surface area (TPSA) is 46.7 Å². The minimum atomic E-state index is -0.172. The van der Waals surface area contributed by atoms with Gasteiger partial charge in [0.1, 0.15) is 11.5 Å². The van der Waals surface area contributed by atoms with E-state index in [4.69, 9.17) is 4.42 Å². The molecular weight excluding hydrogens is 380 g/mol. The number of rotatable bonds is 6. The molecule has 2 N–H and O–H groups in total. The van der Waals surface area contributed by atoms with Crippen molar-refractivity contribution in [2.45, 2.75) is 39.7 Å². The monoisotopic (exact) mass is 409 g/mol. The zero-order valence-electron chi connectivity index (χ0n) is 17.2. The van der Waals surface area contributed by atoms with Gasteiger partial charge in [-0.1, -0.05) is 30.3 Å². The number of quaternary nitrogens is 1. The summed E-state index contributed by atoms with van der Waals surface area (Å²) in [7, 11) is 0. The molecule has 0 saturated carbocycles. The quantitative estimate of drug-likeness (QED) is 0.639. The van der Waals surface area contributed by atoms with E-state index in [2.05, 4.69) is 49.5 Å². The summed E-state index contributed by atoms with van der Waals surface area (Å²) < 4.78 is 5.24. The SMILES string of the molecule is Cc1sc(NC(=O)c2ccco2)c(C[NH+]2CCC(Cc3ccccc3)CC2)c1C. The minimum Gasteiger partial charge on any atom is -0.459 e. The van der Waals surface area contributed by atoms with E-state index >= 15 is 0 Å². The molecule has 0 atom stereocenters. The molecule has 4 nitrogen and oxygen atoms in total. The number of likely N-dealkylation sites (tertiary alicyclic amines) is 1. The van der Waals surface area contributed by atoms with E-state index in [0.29, 0.717) is 5.76 Å². The lowest BCUT2D eigenvalue weighted by Crippen LogP contribution is -3.11. The highest BCUT2D eigenvalue weighted by Crippen LogP contribution is 2.32. The van der Waals surface area contributed by atoms with Crippen LogP contribution in [-0.2, 0) is 13.0 Å². The third kappa shape index (κ3) is 4.80. The van der Waals surface area contributed by atoms with Gasteiger partial charge in [0.15, 0.2) is 5.76 Å². The summed E-state index contributed by atoms with van der Waals surface area (Å²) in [6.07, 6.45) is 5.25. The lowest BCUT2D eigenvalue weighted by Gasteiger charge is -2.29. The van der Waals surface area contributed by atoms with Crippen molar-refractivity contribution in [1.82, 2.24) is 0 Å². The molecule has 1 aliphatic rings. The van der Waals surface area contributed by atoms with Crippen LogP contribution in [0.2, 0.25) is 0 Å². The second-order valence-electron chi connectivity index (χ2n) is 8.08. The van der Waals surface area contributed by atoms with Crippen LogP contribution < -0.4 is 10.2 Å². The van der Waals surface area contributed by atoms with Gasteiger partial charge in [0.2, 0.25) is 0 Å². The summed E-state index contributed by atoms with van der Waals surface area (Å²) in [5, 5.41) is 4.05. The molecule has 2 aromatic heterocycles. The maximum absolute atomic E-state index is 12.5. The van der Waals surface area contributed by atoms with Crippen LogP contribution in [0.15, 0.2) is 53.1 Å². The number of furan rings is 1. The van der Waals surface area contributed by atoms with Gasteiger partial charge in [-0.25, -0.2) is 0 Å². The van der Waals surface area contributed by atoms with E-state index in [1.807, 2.05) is 0 Å². The van der Waals surface area contributed by atoms with Gasteiger partial charge in [0.05, 0.1) is 19.4 Å². The van der Waals surface area contributed by atoms with Crippen molar-refractivity contribution in [3.63, 3.8) is 0 Å². The highest BCUT2D eigenvalue weighted by atomic mass is 32.1. The molecule has 1 amide bonds. The zero-order chi connectivity index (χ0) is 20.2. The Kier molecular flexibility index (Phi) is 6.16. The fraction of sp³-hybridized carbons (Fsp3) is 0.375. The molecule has 29 heavy (non-hydrogen) atoms. The molecule has 0 aliphatic carbocycles. The first-order valence-corrected chi connectivity index (χ1v) is 11.2. The van der Waals surface area contributed by atoms with Crippen LogP contribution in [0, 0.1) is 19.8 Å². The first-order valence-electron chi connectivity index (χ1n) is 10.4. The van der Waals surface area contributed by atoms with Gasteiger partial charge in [-0.2, -0.15) is 0 Å². The van der Waals surface area contributed by atoms with Crippen LogP contribution in [0.1, 0.15) is 45.0 Å². The summed E-state index contributed by atoms with van der Waals surface area (Å²) in [6.45, 7) is 7.66. The Balaban J connectivity index is 1.38. The molecule has 0 bridgehead atoms. The molecule has 1 aromatic carbocycles. The molecule has 5 heteroatoms. The standard InChI is InChI=1S/C24H28N2O2S/c1-17-18(2)29-24(25-23(27)22-9-6-14-28-22)21(17)16-26-12-10-20(11-13-26)15-19-7-4-3-5-8-19/h3-9,14,20H,10-13,15-16H2,1-2H3,(H,25,27)/p+1.